The van der Waals surface area contributed by atoms with E-state index in [1.165, 1.54) is 0 Å². The lowest BCUT2D eigenvalue weighted by Crippen LogP contribution is -2.40. The number of nitrogens with zero attached hydrogens (tertiary/aromatic N) is 2. The number of carbonyl (C=O) groups excluding carboxylic acids is 1. The molecule has 1 atom stereocenters. The molecule has 7 heteroatoms. The summed E-state index contributed by atoms with van der Waals surface area (Å²) in [5.41, 5.74) is 2.54. The van der Waals surface area contributed by atoms with Gasteiger partial charge in [0.25, 0.3) is 5.91 Å². The van der Waals surface area contributed by atoms with Gasteiger partial charge in [-0.25, -0.2) is 8.42 Å². The first-order valence-electron chi connectivity index (χ1n) is 9.79. The molecule has 156 valence electrons. The highest BCUT2D eigenvalue weighted by Crippen LogP contribution is 2.24. The molecule has 0 saturated carbocycles. The Kier molecular flexibility index (Phi) is 6.47. The molecule has 1 heterocycles. The summed E-state index contributed by atoms with van der Waals surface area (Å²) in [6, 6.07) is 14.7. The molecule has 0 bridgehead atoms. The van der Waals surface area contributed by atoms with E-state index in [2.05, 4.69) is 0 Å². The minimum atomic E-state index is -3.11. The van der Waals surface area contributed by atoms with Gasteiger partial charge < -0.3 is 14.5 Å². The van der Waals surface area contributed by atoms with E-state index in [0.717, 1.165) is 11.3 Å². The highest BCUT2D eigenvalue weighted by atomic mass is 32.2. The molecule has 0 spiro atoms. The summed E-state index contributed by atoms with van der Waals surface area (Å²) in [5, 5.41) is 0. The fourth-order valence-electron chi connectivity index (χ4n) is 3.54. The van der Waals surface area contributed by atoms with Gasteiger partial charge in [0.15, 0.2) is 9.84 Å². The van der Waals surface area contributed by atoms with Crippen molar-refractivity contribution in [2.24, 2.45) is 0 Å². The minimum Gasteiger partial charge on any atom is -0.494 e. The molecule has 1 fully saturated rings. The first kappa shape index (κ1) is 21.2. The van der Waals surface area contributed by atoms with Crippen LogP contribution in [-0.2, 0) is 16.4 Å². The quantitative estimate of drug-likeness (QED) is 0.694. The zero-order valence-corrected chi connectivity index (χ0v) is 18.0. The molecule has 1 amide bonds. The molecule has 0 N–H and O–H groups in total. The molecule has 29 heavy (non-hydrogen) atoms. The van der Waals surface area contributed by atoms with E-state index >= 15 is 0 Å². The molecule has 2 aromatic carbocycles. The first-order valence-corrected chi connectivity index (χ1v) is 11.6. The molecule has 2 aromatic rings. The molecular formula is C22H28N2O4S. The van der Waals surface area contributed by atoms with Crippen molar-refractivity contribution >= 4 is 21.4 Å². The van der Waals surface area contributed by atoms with Crippen molar-refractivity contribution in [1.29, 1.82) is 0 Å². The lowest BCUT2D eigenvalue weighted by Gasteiger charge is -2.29. The van der Waals surface area contributed by atoms with Crippen LogP contribution >= 0.6 is 0 Å². The maximum Gasteiger partial charge on any atom is 0.254 e. The maximum atomic E-state index is 13.3. The molecule has 0 radical (unpaired) electrons. The number of rotatable bonds is 7. The average Bonchev–Trinajstić information content (AvgIpc) is 3.06. The number of carbonyl (C=O) groups is 1. The summed E-state index contributed by atoms with van der Waals surface area (Å²) < 4.78 is 29.6. The van der Waals surface area contributed by atoms with Crippen LogP contribution in [0.25, 0.3) is 0 Å². The third-order valence-corrected chi connectivity index (χ3v) is 6.86. The predicted octanol–water partition coefficient (Wildman–Crippen LogP) is 2.98. The smallest absolute Gasteiger partial charge is 0.254 e. The van der Waals surface area contributed by atoms with Crippen LogP contribution in [0.5, 0.6) is 5.75 Å². The van der Waals surface area contributed by atoms with Gasteiger partial charge in [0.2, 0.25) is 0 Å². The van der Waals surface area contributed by atoms with Crippen LogP contribution in [0, 0.1) is 0 Å². The van der Waals surface area contributed by atoms with Gasteiger partial charge in [0.05, 0.1) is 18.1 Å². The van der Waals surface area contributed by atoms with E-state index in [0.29, 0.717) is 30.9 Å². The van der Waals surface area contributed by atoms with Crippen molar-refractivity contribution < 1.29 is 17.9 Å². The number of anilines is 1. The summed E-state index contributed by atoms with van der Waals surface area (Å²) in [5.74, 6) is 0.595. The van der Waals surface area contributed by atoms with E-state index in [4.69, 9.17) is 4.74 Å². The second-order valence-corrected chi connectivity index (χ2v) is 9.74. The lowest BCUT2D eigenvalue weighted by molar-refractivity contribution is 0.0680. The zero-order valence-electron chi connectivity index (χ0n) is 17.2. The zero-order chi connectivity index (χ0) is 21.0. The summed E-state index contributed by atoms with van der Waals surface area (Å²) in [7, 11) is 0.835. The van der Waals surface area contributed by atoms with Gasteiger partial charge in [-0.1, -0.05) is 18.2 Å². The van der Waals surface area contributed by atoms with E-state index in [-0.39, 0.29) is 23.5 Å². The molecule has 0 aliphatic carbocycles. The summed E-state index contributed by atoms with van der Waals surface area (Å²) in [6.07, 6.45) is 0.467. The van der Waals surface area contributed by atoms with Crippen LogP contribution in [0.2, 0.25) is 0 Å². The van der Waals surface area contributed by atoms with Crippen molar-refractivity contribution in [2.45, 2.75) is 25.9 Å². The Labute approximate surface area is 173 Å². The molecular weight excluding hydrogens is 388 g/mol. The van der Waals surface area contributed by atoms with E-state index in [1.807, 2.05) is 56.3 Å². The molecule has 1 saturated heterocycles. The van der Waals surface area contributed by atoms with E-state index in [1.54, 1.807) is 23.1 Å². The molecule has 1 aliphatic heterocycles. The molecule has 1 aliphatic rings. The normalized spacial score (nSPS) is 17.7. The summed E-state index contributed by atoms with van der Waals surface area (Å²) in [6.45, 7) is 2.77. The number of sulfone groups is 1. The number of ether oxygens (including phenoxy) is 1. The van der Waals surface area contributed by atoms with Crippen LogP contribution < -0.4 is 9.64 Å². The van der Waals surface area contributed by atoms with Gasteiger partial charge >= 0.3 is 0 Å². The Morgan fingerprint density at radius 3 is 2.45 bits per heavy atom. The third kappa shape index (κ3) is 5.29. The number of benzene rings is 2. The highest BCUT2D eigenvalue weighted by Gasteiger charge is 2.35. The lowest BCUT2D eigenvalue weighted by atomic mass is 10.1. The van der Waals surface area contributed by atoms with Gasteiger partial charge in [-0.05, 0) is 49.2 Å². The molecule has 0 unspecified atom stereocenters. The second-order valence-electron chi connectivity index (χ2n) is 7.51. The van der Waals surface area contributed by atoms with E-state index < -0.39 is 9.84 Å². The van der Waals surface area contributed by atoms with E-state index in [9.17, 15) is 13.2 Å². The molecule has 6 nitrogen and oxygen atoms in total. The van der Waals surface area contributed by atoms with Crippen molar-refractivity contribution in [3.05, 3.63) is 59.7 Å². The fourth-order valence-corrected chi connectivity index (χ4v) is 5.27. The van der Waals surface area contributed by atoms with Crippen LogP contribution in [0.15, 0.2) is 48.5 Å². The van der Waals surface area contributed by atoms with Gasteiger partial charge in [-0.2, -0.15) is 0 Å². The second kappa shape index (κ2) is 8.86. The topological polar surface area (TPSA) is 66.9 Å². The van der Waals surface area contributed by atoms with Gasteiger partial charge in [0, 0.05) is 37.9 Å². The van der Waals surface area contributed by atoms with Crippen molar-refractivity contribution in [1.82, 2.24) is 4.90 Å². The number of amides is 1. The Morgan fingerprint density at radius 1 is 1.14 bits per heavy atom. The van der Waals surface area contributed by atoms with Gasteiger partial charge in [0.1, 0.15) is 5.75 Å². The molecule has 3 rings (SSSR count). The minimum absolute atomic E-state index is 0.0136. The Morgan fingerprint density at radius 2 is 1.86 bits per heavy atom. The SMILES string of the molecule is CCOc1cccc(C(=O)N(Cc2ccc(N(C)C)cc2)[C@@H]2CCS(=O)(=O)C2)c1. The largest absolute Gasteiger partial charge is 0.494 e. The van der Waals surface area contributed by atoms with Crippen molar-refractivity contribution in [3.63, 3.8) is 0 Å². The van der Waals surface area contributed by atoms with Gasteiger partial charge in [-0.15, -0.1) is 0 Å². The van der Waals surface area contributed by atoms with Crippen LogP contribution in [0.4, 0.5) is 5.69 Å². The Hall–Kier alpha value is -2.54. The molecule has 0 aromatic heterocycles. The van der Waals surface area contributed by atoms with Crippen LogP contribution in [0.3, 0.4) is 0 Å². The number of hydrogen-bond acceptors (Lipinski definition) is 5. The van der Waals surface area contributed by atoms with Gasteiger partial charge in [-0.3, -0.25) is 4.79 Å². The highest BCUT2D eigenvalue weighted by molar-refractivity contribution is 7.91. The monoisotopic (exact) mass is 416 g/mol. The summed E-state index contributed by atoms with van der Waals surface area (Å²) >= 11 is 0. The third-order valence-electron chi connectivity index (χ3n) is 5.11. The first-order chi connectivity index (χ1) is 13.8. The Bertz CT molecular complexity index is 955. The Balaban J connectivity index is 1.88. The average molecular weight is 417 g/mol. The number of hydrogen-bond donors (Lipinski definition) is 0. The predicted molar refractivity (Wildman–Crippen MR) is 115 cm³/mol. The van der Waals surface area contributed by atoms with Crippen molar-refractivity contribution in [2.75, 3.05) is 37.1 Å². The van der Waals surface area contributed by atoms with Crippen molar-refractivity contribution in [3.8, 4) is 5.75 Å². The standard InChI is InChI=1S/C22H28N2O4S/c1-4-28-21-7-5-6-18(14-21)22(25)24(20-12-13-29(26,27)16-20)15-17-8-10-19(11-9-17)23(2)3/h5-11,14,20H,4,12-13,15-16H2,1-3H3/t20-/m1/s1. The maximum absolute atomic E-state index is 13.3. The van der Waals surface area contributed by atoms with Crippen LogP contribution in [-0.4, -0.2) is 57.5 Å². The fraction of sp³-hybridized carbons (Fsp3) is 0.409. The van der Waals surface area contributed by atoms with Crippen LogP contribution in [0.1, 0.15) is 29.3 Å². The summed E-state index contributed by atoms with van der Waals surface area (Å²) in [4.78, 5) is 17.1.